The van der Waals surface area contributed by atoms with Crippen LogP contribution in [-0.4, -0.2) is 8.42 Å². The van der Waals surface area contributed by atoms with Gasteiger partial charge in [0, 0.05) is 5.70 Å². The first-order valence-electron chi connectivity index (χ1n) is 5.51. The molecule has 0 unspecified atom stereocenters. The van der Waals surface area contributed by atoms with E-state index in [4.69, 9.17) is 0 Å². The number of hydrogen-bond acceptors (Lipinski definition) is 2. The summed E-state index contributed by atoms with van der Waals surface area (Å²) < 4.78 is 27.0. The lowest BCUT2D eigenvalue weighted by Crippen LogP contribution is -2.23. The Morgan fingerprint density at radius 2 is 1.65 bits per heavy atom. The highest BCUT2D eigenvalue weighted by Crippen LogP contribution is 2.21. The molecule has 1 aromatic carbocycles. The lowest BCUT2D eigenvalue weighted by atomic mass is 10.1. The Kier molecular flexibility index (Phi) is 3.98. The third-order valence-electron chi connectivity index (χ3n) is 2.60. The van der Waals surface area contributed by atoms with Crippen molar-refractivity contribution in [3.8, 4) is 0 Å². The molecule has 0 radical (unpaired) electrons. The van der Waals surface area contributed by atoms with Crippen molar-refractivity contribution in [2.75, 3.05) is 0 Å². The van der Waals surface area contributed by atoms with Gasteiger partial charge in [-0.15, -0.1) is 0 Å². The van der Waals surface area contributed by atoms with Crippen molar-refractivity contribution < 1.29 is 8.42 Å². The smallest absolute Gasteiger partial charge is 0.262 e. The van der Waals surface area contributed by atoms with E-state index in [2.05, 4.69) is 4.72 Å². The number of nitrogens with one attached hydrogen (secondary N) is 1. The Hall–Kier alpha value is -1.29. The summed E-state index contributed by atoms with van der Waals surface area (Å²) in [5.41, 5.74) is 3.25. The minimum atomic E-state index is -3.47. The molecule has 0 spiro atoms. The summed E-state index contributed by atoms with van der Waals surface area (Å²) in [6.07, 6.45) is 1.73. The molecular formula is C13H19NO2S. The van der Waals surface area contributed by atoms with E-state index in [1.54, 1.807) is 19.9 Å². The molecule has 4 heteroatoms. The van der Waals surface area contributed by atoms with Crippen molar-refractivity contribution in [2.45, 2.75) is 39.5 Å². The van der Waals surface area contributed by atoms with Crippen molar-refractivity contribution in [3.05, 3.63) is 40.6 Å². The van der Waals surface area contributed by atoms with E-state index in [-0.39, 0.29) is 0 Å². The molecule has 0 saturated carbocycles. The number of rotatable bonds is 3. The Balaban J connectivity index is 3.34. The number of benzene rings is 1. The SMILES string of the molecule is C/C=C(\C)NS(=O)(=O)c1c(C)cc(C)cc1C. The molecule has 0 aliphatic rings. The average Bonchev–Trinajstić information content (AvgIpc) is 2.14. The van der Waals surface area contributed by atoms with E-state index in [1.165, 1.54) is 0 Å². The van der Waals surface area contributed by atoms with Gasteiger partial charge in [-0.2, -0.15) is 0 Å². The third kappa shape index (κ3) is 3.09. The van der Waals surface area contributed by atoms with Gasteiger partial charge in [-0.05, 0) is 45.7 Å². The summed E-state index contributed by atoms with van der Waals surface area (Å²) in [4.78, 5) is 0.379. The van der Waals surface area contributed by atoms with Crippen LogP contribution in [0.2, 0.25) is 0 Å². The molecule has 17 heavy (non-hydrogen) atoms. The topological polar surface area (TPSA) is 46.2 Å². The van der Waals surface area contributed by atoms with Gasteiger partial charge in [0.25, 0.3) is 10.0 Å². The second-order valence-corrected chi connectivity index (χ2v) is 5.92. The van der Waals surface area contributed by atoms with Crippen LogP contribution in [0.5, 0.6) is 0 Å². The van der Waals surface area contributed by atoms with Gasteiger partial charge < -0.3 is 0 Å². The first-order valence-corrected chi connectivity index (χ1v) is 7.00. The van der Waals surface area contributed by atoms with Crippen LogP contribution in [0.1, 0.15) is 30.5 Å². The first kappa shape index (κ1) is 13.8. The summed E-state index contributed by atoms with van der Waals surface area (Å²) in [7, 11) is -3.47. The molecule has 0 saturated heterocycles. The Morgan fingerprint density at radius 3 is 2.06 bits per heavy atom. The molecule has 1 aromatic rings. The number of aryl methyl sites for hydroxylation is 3. The maximum Gasteiger partial charge on any atom is 0.262 e. The van der Waals surface area contributed by atoms with Crippen LogP contribution in [0.3, 0.4) is 0 Å². The quantitative estimate of drug-likeness (QED) is 0.900. The third-order valence-corrected chi connectivity index (χ3v) is 4.37. The highest BCUT2D eigenvalue weighted by Gasteiger charge is 2.19. The van der Waals surface area contributed by atoms with Crippen LogP contribution in [0.25, 0.3) is 0 Å². The number of hydrogen-bond donors (Lipinski definition) is 1. The van der Waals surface area contributed by atoms with Gasteiger partial charge in [0.15, 0.2) is 0 Å². The molecule has 0 fully saturated rings. The summed E-state index contributed by atoms with van der Waals surface area (Å²) in [5, 5.41) is 0. The van der Waals surface area contributed by atoms with Gasteiger partial charge in [0.1, 0.15) is 0 Å². The van der Waals surface area contributed by atoms with Gasteiger partial charge in [-0.3, -0.25) is 4.72 Å². The molecule has 0 atom stereocenters. The zero-order valence-electron chi connectivity index (χ0n) is 11.0. The molecule has 0 bridgehead atoms. The van der Waals surface area contributed by atoms with Crippen molar-refractivity contribution in [3.63, 3.8) is 0 Å². The van der Waals surface area contributed by atoms with Crippen molar-refractivity contribution in [1.29, 1.82) is 0 Å². The summed E-state index contributed by atoms with van der Waals surface area (Å²) in [5.74, 6) is 0. The minimum absolute atomic E-state index is 0.379. The van der Waals surface area contributed by atoms with Crippen LogP contribution in [-0.2, 0) is 10.0 Å². The van der Waals surface area contributed by atoms with E-state index in [1.807, 2.05) is 32.9 Å². The molecule has 3 nitrogen and oxygen atoms in total. The molecule has 0 heterocycles. The van der Waals surface area contributed by atoms with Crippen molar-refractivity contribution in [1.82, 2.24) is 4.72 Å². The maximum absolute atomic E-state index is 12.2. The van der Waals surface area contributed by atoms with Gasteiger partial charge in [-0.1, -0.05) is 23.8 Å². The lowest BCUT2D eigenvalue weighted by Gasteiger charge is -2.13. The average molecular weight is 253 g/mol. The predicted molar refractivity (Wildman–Crippen MR) is 70.4 cm³/mol. The van der Waals surface area contributed by atoms with Crippen LogP contribution < -0.4 is 4.72 Å². The van der Waals surface area contributed by atoms with Gasteiger partial charge in [0.05, 0.1) is 4.90 Å². The second-order valence-electron chi connectivity index (χ2n) is 4.31. The fraction of sp³-hybridized carbons (Fsp3) is 0.385. The fourth-order valence-electron chi connectivity index (χ4n) is 1.91. The molecule has 0 aromatic heterocycles. The normalized spacial score (nSPS) is 12.6. The van der Waals surface area contributed by atoms with E-state index < -0.39 is 10.0 Å². The Bertz CT molecular complexity index is 534. The lowest BCUT2D eigenvalue weighted by molar-refractivity contribution is 0.587. The van der Waals surface area contributed by atoms with Gasteiger partial charge in [-0.25, -0.2) is 8.42 Å². The number of sulfonamides is 1. The molecular weight excluding hydrogens is 234 g/mol. The second kappa shape index (κ2) is 4.92. The van der Waals surface area contributed by atoms with Crippen molar-refractivity contribution >= 4 is 10.0 Å². The monoisotopic (exact) mass is 253 g/mol. The van der Waals surface area contributed by atoms with Gasteiger partial charge >= 0.3 is 0 Å². The largest absolute Gasteiger partial charge is 0.284 e. The fourth-order valence-corrected chi connectivity index (χ4v) is 3.52. The molecule has 1 N–H and O–H groups in total. The van der Waals surface area contributed by atoms with E-state index >= 15 is 0 Å². The molecule has 0 aliphatic carbocycles. The summed E-state index contributed by atoms with van der Waals surface area (Å²) in [6.45, 7) is 9.13. The standard InChI is InChI=1S/C13H19NO2S/c1-6-12(5)14-17(15,16)13-10(3)7-9(2)8-11(13)4/h6-8,14H,1-5H3/b12-6+. The zero-order valence-corrected chi connectivity index (χ0v) is 11.8. The van der Waals surface area contributed by atoms with E-state index in [0.29, 0.717) is 10.6 Å². The molecule has 0 aliphatic heterocycles. The zero-order chi connectivity index (χ0) is 13.2. The van der Waals surface area contributed by atoms with Crippen LogP contribution in [0.4, 0.5) is 0 Å². The van der Waals surface area contributed by atoms with Crippen molar-refractivity contribution in [2.24, 2.45) is 0 Å². The van der Waals surface area contributed by atoms with E-state index in [9.17, 15) is 8.42 Å². The highest BCUT2D eigenvalue weighted by molar-refractivity contribution is 7.89. The minimum Gasteiger partial charge on any atom is -0.284 e. The molecule has 0 amide bonds. The van der Waals surface area contributed by atoms with E-state index in [0.717, 1.165) is 16.7 Å². The Morgan fingerprint density at radius 1 is 1.18 bits per heavy atom. The predicted octanol–water partition coefficient (Wildman–Crippen LogP) is 2.81. The highest BCUT2D eigenvalue weighted by atomic mass is 32.2. The first-order chi connectivity index (χ1) is 7.77. The van der Waals surface area contributed by atoms with Gasteiger partial charge in [0.2, 0.25) is 0 Å². The summed E-state index contributed by atoms with van der Waals surface area (Å²) >= 11 is 0. The maximum atomic E-state index is 12.2. The van der Waals surface area contributed by atoms with Crippen LogP contribution in [0, 0.1) is 20.8 Å². The molecule has 1 rings (SSSR count). The number of allylic oxidation sites excluding steroid dienone is 2. The summed E-state index contributed by atoms with van der Waals surface area (Å²) in [6, 6.07) is 3.76. The van der Waals surface area contributed by atoms with Crippen LogP contribution >= 0.6 is 0 Å². The Labute approximate surface area is 104 Å². The molecule has 94 valence electrons. The van der Waals surface area contributed by atoms with Crippen LogP contribution in [0.15, 0.2) is 28.8 Å².